The Morgan fingerprint density at radius 1 is 1.48 bits per heavy atom. The number of primary amides is 1. The van der Waals surface area contributed by atoms with Crippen molar-refractivity contribution in [1.29, 1.82) is 0 Å². The molecular weight excluding hydrogens is 315 g/mol. The van der Waals surface area contributed by atoms with Gasteiger partial charge in [0.05, 0.1) is 10.6 Å². The Morgan fingerprint density at radius 3 is 2.95 bits per heavy atom. The van der Waals surface area contributed by atoms with Gasteiger partial charge in [-0.15, -0.1) is 0 Å². The van der Waals surface area contributed by atoms with Crippen molar-refractivity contribution in [2.24, 2.45) is 5.73 Å². The van der Waals surface area contributed by atoms with Crippen molar-refractivity contribution in [3.05, 3.63) is 27.7 Å². The highest BCUT2D eigenvalue weighted by Crippen LogP contribution is 2.32. The Morgan fingerprint density at radius 2 is 2.29 bits per heavy atom. The molecule has 0 saturated carbocycles. The second-order valence-electron chi connectivity index (χ2n) is 4.99. The van der Waals surface area contributed by atoms with Crippen molar-refractivity contribution >= 4 is 29.1 Å². The lowest BCUT2D eigenvalue weighted by Crippen LogP contribution is -2.84. The Balaban J connectivity index is 1.99. The monoisotopic (exact) mass is 333 g/mol. The molecule has 7 heteroatoms. The molecule has 0 spiro atoms. The van der Waals surface area contributed by atoms with E-state index < -0.39 is 5.91 Å². The zero-order chi connectivity index (χ0) is 15.2. The maximum Gasteiger partial charge on any atom is 0.255 e. The van der Waals surface area contributed by atoms with Crippen LogP contribution in [0.25, 0.3) is 0 Å². The van der Waals surface area contributed by atoms with E-state index in [1.54, 1.807) is 12.1 Å². The van der Waals surface area contributed by atoms with Gasteiger partial charge in [0.1, 0.15) is 24.9 Å². The second-order valence-corrected chi connectivity index (χ2v) is 5.84. The average molecular weight is 334 g/mol. The molecule has 1 fully saturated rings. The molecule has 1 aromatic rings. The van der Waals surface area contributed by atoms with E-state index in [9.17, 15) is 4.79 Å². The first-order chi connectivity index (χ1) is 10.1. The number of hydrogen-bond donors (Lipinski definition) is 2. The van der Waals surface area contributed by atoms with Crippen molar-refractivity contribution < 1.29 is 19.6 Å². The van der Waals surface area contributed by atoms with Crippen LogP contribution in [0.2, 0.25) is 10.0 Å². The Hall–Kier alpha value is -1.01. The van der Waals surface area contributed by atoms with Gasteiger partial charge >= 0.3 is 0 Å². The van der Waals surface area contributed by atoms with Crippen molar-refractivity contribution in [2.45, 2.75) is 25.5 Å². The first-order valence-electron chi connectivity index (χ1n) is 6.88. The third-order valence-electron chi connectivity index (χ3n) is 3.26. The predicted molar refractivity (Wildman–Crippen MR) is 80.6 cm³/mol. The number of quaternary nitrogens is 1. The second kappa shape index (κ2) is 7.84. The summed E-state index contributed by atoms with van der Waals surface area (Å²) in [6.07, 6.45) is 2.52. The molecule has 0 radical (unpaired) electrons. The van der Waals surface area contributed by atoms with Gasteiger partial charge in [0, 0.05) is 11.6 Å². The molecule has 1 aromatic carbocycles. The van der Waals surface area contributed by atoms with Gasteiger partial charge in [-0.3, -0.25) is 4.79 Å². The normalized spacial score (nSPS) is 17.9. The summed E-state index contributed by atoms with van der Waals surface area (Å²) in [5.41, 5.74) is 5.94. The van der Waals surface area contributed by atoms with Crippen LogP contribution in [0.4, 0.5) is 0 Å². The lowest BCUT2D eigenvalue weighted by molar-refractivity contribution is -0.676. The summed E-state index contributed by atoms with van der Waals surface area (Å²) in [7, 11) is 0. The van der Waals surface area contributed by atoms with Crippen LogP contribution in [-0.4, -0.2) is 31.8 Å². The Bertz CT molecular complexity index is 505. The molecule has 1 heterocycles. The molecule has 1 aliphatic heterocycles. The average Bonchev–Trinajstić information content (AvgIpc) is 2.90. The smallest absolute Gasteiger partial charge is 0.255 e. The minimum absolute atomic E-state index is 0.208. The van der Waals surface area contributed by atoms with Crippen LogP contribution in [0.5, 0.6) is 5.75 Å². The summed E-state index contributed by atoms with van der Waals surface area (Å²) in [5.74, 6) is -0.0845. The maximum absolute atomic E-state index is 10.9. The van der Waals surface area contributed by atoms with Crippen LogP contribution < -0.4 is 15.8 Å². The molecule has 1 atom stereocenters. The van der Waals surface area contributed by atoms with Gasteiger partial charge < -0.3 is 20.5 Å². The fourth-order valence-electron chi connectivity index (χ4n) is 2.33. The molecular formula is C14H19Cl2N2O3+. The molecule has 21 heavy (non-hydrogen) atoms. The first kappa shape index (κ1) is 16.4. The molecule has 0 aliphatic carbocycles. The van der Waals surface area contributed by atoms with Gasteiger partial charge in [-0.05, 0) is 25.0 Å². The molecule has 1 saturated heterocycles. The number of amides is 1. The number of ether oxygens (including phenoxy) is 2. The lowest BCUT2D eigenvalue weighted by Gasteiger charge is -2.13. The van der Waals surface area contributed by atoms with E-state index in [-0.39, 0.29) is 6.61 Å². The van der Waals surface area contributed by atoms with E-state index in [1.807, 2.05) is 0 Å². The highest BCUT2D eigenvalue weighted by Gasteiger charge is 2.18. The number of carbonyl (C=O) groups is 1. The number of nitrogens with two attached hydrogens (primary N) is 2. The molecule has 0 unspecified atom stereocenters. The van der Waals surface area contributed by atoms with E-state index in [4.69, 9.17) is 38.4 Å². The van der Waals surface area contributed by atoms with Crippen molar-refractivity contribution in [3.8, 4) is 5.75 Å². The first-order valence-corrected chi connectivity index (χ1v) is 7.64. The summed E-state index contributed by atoms with van der Waals surface area (Å²) in [5, 5.41) is 3.03. The molecule has 4 N–H and O–H groups in total. The molecule has 2 rings (SSSR count). The molecule has 0 bridgehead atoms. The van der Waals surface area contributed by atoms with Gasteiger partial charge in [0.2, 0.25) is 0 Å². The minimum atomic E-state index is -0.546. The van der Waals surface area contributed by atoms with E-state index in [0.29, 0.717) is 28.4 Å². The van der Waals surface area contributed by atoms with Gasteiger partial charge in [-0.1, -0.05) is 23.2 Å². The van der Waals surface area contributed by atoms with Crippen LogP contribution in [-0.2, 0) is 16.1 Å². The molecule has 5 nitrogen and oxygen atoms in total. The summed E-state index contributed by atoms with van der Waals surface area (Å²) >= 11 is 12.1. The summed E-state index contributed by atoms with van der Waals surface area (Å²) < 4.78 is 11.0. The highest BCUT2D eigenvalue weighted by molar-refractivity contribution is 6.35. The van der Waals surface area contributed by atoms with E-state index in [0.717, 1.165) is 31.6 Å². The fourth-order valence-corrected chi connectivity index (χ4v) is 2.92. The van der Waals surface area contributed by atoms with Crippen molar-refractivity contribution in [1.82, 2.24) is 0 Å². The standard InChI is InChI=1S/C14H18Cl2N2O3/c15-10-4-9(6-18-7-11-2-1-3-20-11)14(12(16)5-10)21-8-13(17)19/h4-5,11,18H,1-3,6-8H2,(H2,17,19)/p+1/t11-/m1/s1. The number of halogens is 2. The number of benzene rings is 1. The summed E-state index contributed by atoms with van der Waals surface area (Å²) in [4.78, 5) is 10.9. The van der Waals surface area contributed by atoms with Gasteiger partial charge in [0.15, 0.2) is 6.61 Å². The number of carbonyl (C=O) groups excluding carboxylic acids is 1. The Labute approximate surface area is 133 Å². The third-order valence-corrected chi connectivity index (χ3v) is 3.76. The minimum Gasteiger partial charge on any atom is -0.482 e. The SMILES string of the molecule is NC(=O)COc1c(Cl)cc(Cl)cc1C[NH2+]C[C@H]1CCCO1. The molecule has 0 aromatic heterocycles. The Kier molecular flexibility index (Phi) is 6.11. The van der Waals surface area contributed by atoms with Crippen LogP contribution in [0.1, 0.15) is 18.4 Å². The third kappa shape index (κ3) is 5.04. The van der Waals surface area contributed by atoms with E-state index in [2.05, 4.69) is 5.32 Å². The van der Waals surface area contributed by atoms with Crippen molar-refractivity contribution in [3.63, 3.8) is 0 Å². The quantitative estimate of drug-likeness (QED) is 0.784. The van der Waals surface area contributed by atoms with Crippen LogP contribution in [0, 0.1) is 0 Å². The largest absolute Gasteiger partial charge is 0.482 e. The zero-order valence-corrected chi connectivity index (χ0v) is 13.1. The topological polar surface area (TPSA) is 78.2 Å². The number of rotatable bonds is 7. The molecule has 1 amide bonds. The maximum atomic E-state index is 10.9. The van der Waals surface area contributed by atoms with Gasteiger partial charge in [0.25, 0.3) is 5.91 Å². The van der Waals surface area contributed by atoms with Crippen LogP contribution in [0.3, 0.4) is 0 Å². The van der Waals surface area contributed by atoms with Crippen LogP contribution >= 0.6 is 23.2 Å². The van der Waals surface area contributed by atoms with Gasteiger partial charge in [-0.25, -0.2) is 0 Å². The summed E-state index contributed by atoms with van der Waals surface area (Å²) in [6, 6.07) is 3.37. The zero-order valence-electron chi connectivity index (χ0n) is 11.6. The highest BCUT2D eigenvalue weighted by atomic mass is 35.5. The fraction of sp³-hybridized carbons (Fsp3) is 0.500. The van der Waals surface area contributed by atoms with Crippen LogP contribution in [0.15, 0.2) is 12.1 Å². The lowest BCUT2D eigenvalue weighted by atomic mass is 10.2. The van der Waals surface area contributed by atoms with Crippen molar-refractivity contribution in [2.75, 3.05) is 19.8 Å². The molecule has 1 aliphatic rings. The van der Waals surface area contributed by atoms with E-state index in [1.165, 1.54) is 0 Å². The summed E-state index contributed by atoms with van der Waals surface area (Å²) in [6.45, 7) is 2.15. The van der Waals surface area contributed by atoms with Gasteiger partial charge in [-0.2, -0.15) is 0 Å². The predicted octanol–water partition coefficient (Wildman–Crippen LogP) is 1.10. The van der Waals surface area contributed by atoms with E-state index >= 15 is 0 Å². The number of hydrogen-bond acceptors (Lipinski definition) is 3. The molecule has 116 valence electrons.